The Labute approximate surface area is 193 Å². The van der Waals surface area contributed by atoms with E-state index in [1.165, 1.54) is 0 Å². The summed E-state index contributed by atoms with van der Waals surface area (Å²) < 4.78 is 21.5. The van der Waals surface area contributed by atoms with Crippen LogP contribution in [-0.2, 0) is 13.2 Å². The fraction of sp³-hybridized carbons (Fsp3) is 0.259. The molecule has 0 spiro atoms. The average molecular weight is 451 g/mol. The molecular formula is C27H30O6. The van der Waals surface area contributed by atoms with Gasteiger partial charge < -0.3 is 29.2 Å². The molecule has 174 valence electrons. The predicted molar refractivity (Wildman–Crippen MR) is 131 cm³/mol. The monoisotopic (exact) mass is 450 g/mol. The third-order valence-corrected chi connectivity index (χ3v) is 5.68. The molecule has 0 aromatic heterocycles. The van der Waals surface area contributed by atoms with Crippen LogP contribution in [0, 0.1) is 6.92 Å². The lowest BCUT2D eigenvalue weighted by molar-refractivity contribution is 0.272. The minimum atomic E-state index is -0.0651. The normalized spacial score (nSPS) is 10.5. The van der Waals surface area contributed by atoms with E-state index >= 15 is 0 Å². The van der Waals surface area contributed by atoms with E-state index in [0.717, 1.165) is 55.5 Å². The van der Waals surface area contributed by atoms with Gasteiger partial charge in [0.15, 0.2) is 0 Å². The van der Waals surface area contributed by atoms with E-state index in [1.54, 1.807) is 34.5 Å². The number of hydrogen-bond donors (Lipinski definition) is 2. The topological polar surface area (TPSA) is 77.4 Å². The van der Waals surface area contributed by atoms with Crippen LogP contribution in [0.2, 0.25) is 0 Å². The van der Waals surface area contributed by atoms with E-state index in [2.05, 4.69) is 0 Å². The van der Waals surface area contributed by atoms with Crippen LogP contribution in [0.25, 0.3) is 21.5 Å². The maximum absolute atomic E-state index is 9.47. The molecule has 0 atom stereocenters. The fourth-order valence-electron chi connectivity index (χ4n) is 4.14. The molecule has 0 saturated carbocycles. The van der Waals surface area contributed by atoms with Crippen molar-refractivity contribution in [3.63, 3.8) is 0 Å². The van der Waals surface area contributed by atoms with Crippen molar-refractivity contribution in [2.75, 3.05) is 28.4 Å². The average Bonchev–Trinajstić information content (AvgIpc) is 2.87. The number of fused-ring (bicyclic) bond motifs is 2. The van der Waals surface area contributed by atoms with E-state index in [-0.39, 0.29) is 13.2 Å². The van der Waals surface area contributed by atoms with Gasteiger partial charge in [-0.15, -0.1) is 0 Å². The Balaban J connectivity index is 0.000000186. The summed E-state index contributed by atoms with van der Waals surface area (Å²) in [6, 6.07) is 17.5. The molecule has 33 heavy (non-hydrogen) atoms. The summed E-state index contributed by atoms with van der Waals surface area (Å²) >= 11 is 0. The lowest BCUT2D eigenvalue weighted by atomic mass is 9.99. The number of methoxy groups -OCH3 is 4. The smallest absolute Gasteiger partial charge is 0.132 e. The van der Waals surface area contributed by atoms with Gasteiger partial charge in [0, 0.05) is 38.2 Å². The first-order chi connectivity index (χ1) is 16.1. The summed E-state index contributed by atoms with van der Waals surface area (Å²) in [6.45, 7) is 1.81. The van der Waals surface area contributed by atoms with E-state index < -0.39 is 0 Å². The van der Waals surface area contributed by atoms with Gasteiger partial charge in [-0.3, -0.25) is 0 Å². The first kappa shape index (κ1) is 24.2. The molecule has 6 heteroatoms. The molecule has 4 aromatic carbocycles. The highest BCUT2D eigenvalue weighted by Crippen LogP contribution is 2.40. The second-order valence-corrected chi connectivity index (χ2v) is 7.35. The SMILES string of the molecule is COc1c(C)c(CO)c(OC)c2ccccc12.COc1cc(CO)c(OC)c2ccccc12. The van der Waals surface area contributed by atoms with Gasteiger partial charge in [0.25, 0.3) is 0 Å². The third kappa shape index (κ3) is 4.53. The molecule has 0 fully saturated rings. The number of hydrogen-bond acceptors (Lipinski definition) is 6. The Bertz CT molecular complexity index is 1250. The molecule has 6 nitrogen and oxygen atoms in total. The highest BCUT2D eigenvalue weighted by molar-refractivity contribution is 5.96. The molecular weight excluding hydrogens is 420 g/mol. The number of aliphatic hydroxyl groups is 2. The van der Waals surface area contributed by atoms with Crippen LogP contribution in [0.15, 0.2) is 54.6 Å². The van der Waals surface area contributed by atoms with Crippen molar-refractivity contribution >= 4 is 21.5 Å². The lowest BCUT2D eigenvalue weighted by Crippen LogP contribution is -2.00. The van der Waals surface area contributed by atoms with Crippen LogP contribution in [0.1, 0.15) is 16.7 Å². The van der Waals surface area contributed by atoms with Crippen molar-refractivity contribution < 1.29 is 29.2 Å². The van der Waals surface area contributed by atoms with Gasteiger partial charge in [0.05, 0.1) is 41.7 Å². The summed E-state index contributed by atoms with van der Waals surface area (Å²) in [7, 11) is 6.48. The number of ether oxygens (including phenoxy) is 4. The highest BCUT2D eigenvalue weighted by Gasteiger charge is 2.17. The Kier molecular flexibility index (Phi) is 7.98. The standard InChI is InChI=1S/C14H16O3.C13H14O3/c1-9-12(8-15)14(17-3)11-7-5-4-6-10(11)13(9)16-2;1-15-12-7-9(8-14)13(16-2)11-6-4-3-5-10(11)12/h4-7,15H,8H2,1-3H3;3-7,14H,8H2,1-2H3. The number of rotatable bonds is 6. The van der Waals surface area contributed by atoms with Crippen molar-refractivity contribution in [1.29, 1.82) is 0 Å². The zero-order valence-electron chi connectivity index (χ0n) is 19.6. The molecule has 0 unspecified atom stereocenters. The summed E-state index contributed by atoms with van der Waals surface area (Å²) in [4.78, 5) is 0. The largest absolute Gasteiger partial charge is 0.496 e. The predicted octanol–water partition coefficient (Wildman–Crippen LogP) is 5.01. The van der Waals surface area contributed by atoms with Crippen LogP contribution >= 0.6 is 0 Å². The molecule has 0 aliphatic carbocycles. The van der Waals surface area contributed by atoms with E-state index in [4.69, 9.17) is 18.9 Å². The Hall–Kier alpha value is -3.48. The molecule has 0 radical (unpaired) electrons. The van der Waals surface area contributed by atoms with Crippen LogP contribution in [0.4, 0.5) is 0 Å². The van der Waals surface area contributed by atoms with Gasteiger partial charge in [0.1, 0.15) is 23.0 Å². The maximum atomic E-state index is 9.47. The summed E-state index contributed by atoms with van der Waals surface area (Å²) in [5.41, 5.74) is 2.44. The van der Waals surface area contributed by atoms with E-state index in [1.807, 2.05) is 55.5 Å². The van der Waals surface area contributed by atoms with Crippen molar-refractivity contribution in [3.8, 4) is 23.0 Å². The molecule has 2 N–H and O–H groups in total. The van der Waals surface area contributed by atoms with Crippen LogP contribution in [-0.4, -0.2) is 38.7 Å². The Morgan fingerprint density at radius 1 is 0.606 bits per heavy atom. The molecule has 0 aliphatic rings. The highest BCUT2D eigenvalue weighted by atomic mass is 16.5. The second-order valence-electron chi connectivity index (χ2n) is 7.35. The third-order valence-electron chi connectivity index (χ3n) is 5.68. The minimum absolute atomic E-state index is 0.0593. The van der Waals surface area contributed by atoms with Crippen LogP contribution < -0.4 is 18.9 Å². The van der Waals surface area contributed by atoms with Gasteiger partial charge in [-0.1, -0.05) is 48.5 Å². The van der Waals surface area contributed by atoms with Gasteiger partial charge in [-0.05, 0) is 13.0 Å². The fourth-order valence-corrected chi connectivity index (χ4v) is 4.14. The lowest BCUT2D eigenvalue weighted by Gasteiger charge is -2.17. The molecule has 0 amide bonds. The van der Waals surface area contributed by atoms with Gasteiger partial charge in [-0.2, -0.15) is 0 Å². The summed E-state index contributed by atoms with van der Waals surface area (Å²) in [6.07, 6.45) is 0. The zero-order chi connectivity index (χ0) is 24.0. The zero-order valence-corrected chi connectivity index (χ0v) is 19.6. The molecule has 4 rings (SSSR count). The first-order valence-corrected chi connectivity index (χ1v) is 10.5. The maximum Gasteiger partial charge on any atom is 0.132 e. The number of benzene rings is 4. The molecule has 0 aliphatic heterocycles. The number of aliphatic hydroxyl groups excluding tert-OH is 2. The van der Waals surface area contributed by atoms with Crippen LogP contribution in [0.5, 0.6) is 23.0 Å². The summed E-state index contributed by atoms with van der Waals surface area (Å²) in [5, 5.41) is 22.7. The first-order valence-electron chi connectivity index (χ1n) is 10.5. The van der Waals surface area contributed by atoms with Gasteiger partial charge in [0.2, 0.25) is 0 Å². The van der Waals surface area contributed by atoms with Crippen molar-refractivity contribution in [1.82, 2.24) is 0 Å². The van der Waals surface area contributed by atoms with Gasteiger partial charge >= 0.3 is 0 Å². The Morgan fingerprint density at radius 2 is 1.09 bits per heavy atom. The van der Waals surface area contributed by atoms with Crippen molar-refractivity contribution in [2.45, 2.75) is 20.1 Å². The molecule has 0 bridgehead atoms. The van der Waals surface area contributed by atoms with Crippen molar-refractivity contribution in [3.05, 3.63) is 71.3 Å². The van der Waals surface area contributed by atoms with Crippen LogP contribution in [0.3, 0.4) is 0 Å². The molecule has 0 saturated heterocycles. The quantitative estimate of drug-likeness (QED) is 0.430. The summed E-state index contributed by atoms with van der Waals surface area (Å²) in [5.74, 6) is 2.98. The van der Waals surface area contributed by atoms with Crippen molar-refractivity contribution in [2.24, 2.45) is 0 Å². The van der Waals surface area contributed by atoms with E-state index in [9.17, 15) is 10.2 Å². The molecule has 0 heterocycles. The van der Waals surface area contributed by atoms with Gasteiger partial charge in [-0.25, -0.2) is 0 Å². The minimum Gasteiger partial charge on any atom is -0.496 e. The molecule has 4 aromatic rings. The second kappa shape index (κ2) is 10.9. The Morgan fingerprint density at radius 3 is 1.55 bits per heavy atom. The van der Waals surface area contributed by atoms with E-state index in [0.29, 0.717) is 5.75 Å².